The third kappa shape index (κ3) is 2.73. The highest BCUT2D eigenvalue weighted by molar-refractivity contribution is 8.00. The summed E-state index contributed by atoms with van der Waals surface area (Å²) >= 11 is 8.00. The van der Waals surface area contributed by atoms with Crippen LogP contribution < -0.4 is 5.32 Å². The van der Waals surface area contributed by atoms with Gasteiger partial charge in [0, 0.05) is 18.3 Å². The first-order chi connectivity index (χ1) is 7.61. The van der Waals surface area contributed by atoms with Gasteiger partial charge in [0.15, 0.2) is 0 Å². The van der Waals surface area contributed by atoms with Crippen molar-refractivity contribution in [1.29, 1.82) is 0 Å². The number of aromatic nitrogens is 2. The van der Waals surface area contributed by atoms with Gasteiger partial charge in [-0.3, -0.25) is 0 Å². The Hall–Kier alpha value is -0.190. The Balaban J connectivity index is 1.82. The molecule has 1 saturated heterocycles. The van der Waals surface area contributed by atoms with E-state index < -0.39 is 0 Å². The van der Waals surface area contributed by atoms with Crippen molar-refractivity contribution in [3.8, 4) is 0 Å². The van der Waals surface area contributed by atoms with Crippen LogP contribution in [0.1, 0.15) is 25.6 Å². The Labute approximate surface area is 106 Å². The Morgan fingerprint density at radius 3 is 3.06 bits per heavy atom. The Morgan fingerprint density at radius 1 is 1.69 bits per heavy atom. The van der Waals surface area contributed by atoms with Gasteiger partial charge in [0.1, 0.15) is 11.0 Å². The van der Waals surface area contributed by atoms with E-state index in [-0.39, 0.29) is 0 Å². The lowest BCUT2D eigenvalue weighted by molar-refractivity contribution is 0.525. The molecule has 2 rings (SSSR count). The van der Waals surface area contributed by atoms with Gasteiger partial charge in [0.25, 0.3) is 0 Å². The maximum absolute atomic E-state index is 5.93. The number of hydrogen-bond acceptors (Lipinski definition) is 3. The van der Waals surface area contributed by atoms with E-state index in [2.05, 4.69) is 29.0 Å². The predicted molar refractivity (Wildman–Crippen MR) is 70.0 cm³/mol. The van der Waals surface area contributed by atoms with Crippen LogP contribution >= 0.6 is 23.4 Å². The van der Waals surface area contributed by atoms with Gasteiger partial charge in [-0.2, -0.15) is 11.8 Å². The lowest BCUT2D eigenvalue weighted by Crippen LogP contribution is -2.33. The van der Waals surface area contributed by atoms with Crippen LogP contribution in [0.15, 0.2) is 6.20 Å². The number of halogens is 1. The molecule has 1 aliphatic heterocycles. The third-order valence-electron chi connectivity index (χ3n) is 3.11. The van der Waals surface area contributed by atoms with Crippen molar-refractivity contribution >= 4 is 23.4 Å². The van der Waals surface area contributed by atoms with Crippen molar-refractivity contribution in [2.24, 2.45) is 7.05 Å². The average molecular weight is 260 g/mol. The molecular weight excluding hydrogens is 242 g/mol. The van der Waals surface area contributed by atoms with E-state index in [0.29, 0.717) is 9.90 Å². The highest BCUT2D eigenvalue weighted by Gasteiger charge is 2.28. The first-order valence-electron chi connectivity index (χ1n) is 5.61. The first-order valence-corrected chi connectivity index (χ1v) is 6.98. The maximum atomic E-state index is 5.93. The molecule has 0 saturated carbocycles. The second-order valence-corrected chi connectivity index (χ2v) is 6.63. The van der Waals surface area contributed by atoms with Crippen LogP contribution in [-0.4, -0.2) is 26.6 Å². The number of nitrogens with zero attached hydrogens (tertiary/aromatic N) is 2. The molecule has 0 spiro atoms. The minimum absolute atomic E-state index is 0.412. The van der Waals surface area contributed by atoms with Crippen molar-refractivity contribution in [3.05, 3.63) is 17.2 Å². The SMILES string of the molecule is Cn1c(Cl)cnc1CNCC1(C)CCCS1. The molecule has 0 aliphatic carbocycles. The molecule has 16 heavy (non-hydrogen) atoms. The second-order valence-electron chi connectivity index (χ2n) is 4.56. The molecule has 0 bridgehead atoms. The van der Waals surface area contributed by atoms with E-state index in [9.17, 15) is 0 Å². The summed E-state index contributed by atoms with van der Waals surface area (Å²) in [5.41, 5.74) is 0. The lowest BCUT2D eigenvalue weighted by atomic mass is 10.1. The minimum atomic E-state index is 0.412. The Morgan fingerprint density at radius 2 is 2.50 bits per heavy atom. The van der Waals surface area contributed by atoms with E-state index in [0.717, 1.165) is 18.9 Å². The summed E-state index contributed by atoms with van der Waals surface area (Å²) in [6.07, 6.45) is 4.35. The second kappa shape index (κ2) is 4.98. The van der Waals surface area contributed by atoms with E-state index in [1.807, 2.05) is 11.6 Å². The van der Waals surface area contributed by atoms with Gasteiger partial charge in [0.2, 0.25) is 0 Å². The summed E-state index contributed by atoms with van der Waals surface area (Å²) in [6, 6.07) is 0. The molecule has 1 aromatic heterocycles. The van der Waals surface area contributed by atoms with Gasteiger partial charge in [-0.1, -0.05) is 11.6 Å². The highest BCUT2D eigenvalue weighted by Crippen LogP contribution is 2.36. The maximum Gasteiger partial charge on any atom is 0.128 e. The summed E-state index contributed by atoms with van der Waals surface area (Å²) in [7, 11) is 1.94. The van der Waals surface area contributed by atoms with Crippen molar-refractivity contribution in [2.45, 2.75) is 31.1 Å². The molecule has 1 N–H and O–H groups in total. The first kappa shape index (κ1) is 12.3. The summed E-state index contributed by atoms with van der Waals surface area (Å²) in [5.74, 6) is 2.29. The molecule has 0 radical (unpaired) electrons. The number of imidazole rings is 1. The van der Waals surface area contributed by atoms with Crippen LogP contribution in [0.4, 0.5) is 0 Å². The van der Waals surface area contributed by atoms with E-state index in [1.54, 1.807) is 6.20 Å². The molecule has 1 aromatic rings. The van der Waals surface area contributed by atoms with E-state index >= 15 is 0 Å². The monoisotopic (exact) mass is 259 g/mol. The molecule has 1 aliphatic rings. The summed E-state index contributed by atoms with van der Waals surface area (Å²) < 4.78 is 2.33. The smallest absolute Gasteiger partial charge is 0.128 e. The zero-order valence-electron chi connectivity index (χ0n) is 9.79. The van der Waals surface area contributed by atoms with Gasteiger partial charge in [-0.15, -0.1) is 0 Å². The molecule has 2 heterocycles. The summed E-state index contributed by atoms with van der Waals surface area (Å²) in [6.45, 7) is 4.17. The van der Waals surface area contributed by atoms with E-state index in [1.165, 1.54) is 18.6 Å². The molecule has 90 valence electrons. The molecule has 1 atom stereocenters. The predicted octanol–water partition coefficient (Wildman–Crippen LogP) is 2.45. The summed E-state index contributed by atoms with van der Waals surface area (Å²) in [5, 5.41) is 4.17. The molecular formula is C11H18ClN3S. The third-order valence-corrected chi connectivity index (χ3v) is 5.00. The molecule has 0 aromatic carbocycles. The standard InChI is InChI=1S/C11H18ClN3S/c1-11(4-3-5-16-11)8-13-7-10-14-6-9(12)15(10)2/h6,13H,3-5,7-8H2,1-2H3. The van der Waals surface area contributed by atoms with Gasteiger partial charge < -0.3 is 9.88 Å². The fourth-order valence-corrected chi connectivity index (χ4v) is 3.42. The van der Waals surface area contributed by atoms with Crippen LogP contribution in [0.3, 0.4) is 0 Å². The molecule has 1 fully saturated rings. The van der Waals surface area contributed by atoms with Crippen LogP contribution in [0.2, 0.25) is 5.15 Å². The normalized spacial score (nSPS) is 25.2. The van der Waals surface area contributed by atoms with Gasteiger partial charge in [-0.05, 0) is 25.5 Å². The van der Waals surface area contributed by atoms with Crippen LogP contribution in [0.25, 0.3) is 0 Å². The Kier molecular flexibility index (Phi) is 3.82. The fraction of sp³-hybridized carbons (Fsp3) is 0.727. The van der Waals surface area contributed by atoms with Gasteiger partial charge >= 0.3 is 0 Å². The van der Waals surface area contributed by atoms with Gasteiger partial charge in [-0.25, -0.2) is 4.98 Å². The van der Waals surface area contributed by atoms with Crippen LogP contribution in [0, 0.1) is 0 Å². The topological polar surface area (TPSA) is 29.9 Å². The van der Waals surface area contributed by atoms with Crippen molar-refractivity contribution in [1.82, 2.24) is 14.9 Å². The van der Waals surface area contributed by atoms with E-state index in [4.69, 9.17) is 11.6 Å². The average Bonchev–Trinajstić information content (AvgIpc) is 2.80. The largest absolute Gasteiger partial charge is 0.321 e. The van der Waals surface area contributed by atoms with Crippen LogP contribution in [-0.2, 0) is 13.6 Å². The molecule has 1 unspecified atom stereocenters. The number of hydrogen-bond donors (Lipinski definition) is 1. The fourth-order valence-electron chi connectivity index (χ4n) is 2.00. The highest BCUT2D eigenvalue weighted by atomic mass is 35.5. The lowest BCUT2D eigenvalue weighted by Gasteiger charge is -2.22. The van der Waals surface area contributed by atoms with Gasteiger partial charge in [0.05, 0.1) is 12.7 Å². The quantitative estimate of drug-likeness (QED) is 0.901. The van der Waals surface area contributed by atoms with Crippen molar-refractivity contribution in [2.75, 3.05) is 12.3 Å². The Bertz CT molecular complexity index is 358. The minimum Gasteiger partial charge on any atom is -0.321 e. The number of rotatable bonds is 4. The summed E-state index contributed by atoms with van der Waals surface area (Å²) in [4.78, 5) is 4.26. The number of nitrogens with one attached hydrogen (secondary N) is 1. The molecule has 0 amide bonds. The zero-order chi connectivity index (χ0) is 11.6. The van der Waals surface area contributed by atoms with Crippen molar-refractivity contribution < 1.29 is 0 Å². The zero-order valence-corrected chi connectivity index (χ0v) is 11.4. The molecule has 3 nitrogen and oxygen atoms in total. The number of thioether (sulfide) groups is 1. The van der Waals surface area contributed by atoms with Crippen LogP contribution in [0.5, 0.6) is 0 Å². The molecule has 5 heteroatoms. The van der Waals surface area contributed by atoms with Crippen molar-refractivity contribution in [3.63, 3.8) is 0 Å².